The Morgan fingerprint density at radius 2 is 1.94 bits per heavy atom. The van der Waals surface area contributed by atoms with Crippen molar-refractivity contribution in [1.29, 1.82) is 5.26 Å². The van der Waals surface area contributed by atoms with E-state index in [0.29, 0.717) is 21.8 Å². The van der Waals surface area contributed by atoms with Crippen molar-refractivity contribution in [2.24, 2.45) is 5.73 Å². The number of carbonyl (C=O) groups is 2. The van der Waals surface area contributed by atoms with E-state index in [1.54, 1.807) is 36.4 Å². The van der Waals surface area contributed by atoms with E-state index in [0.717, 1.165) is 0 Å². The number of para-hydroxylation sites is 1. The largest absolute Gasteiger partial charge is 0.466 e. The first-order valence-corrected chi connectivity index (χ1v) is 9.78. The highest BCUT2D eigenvalue weighted by atomic mass is 35.5. The Morgan fingerprint density at radius 1 is 1.26 bits per heavy atom. The zero-order valence-electron chi connectivity index (χ0n) is 16.8. The molecule has 7 nitrogen and oxygen atoms in total. The number of hydrogen-bond donors (Lipinski definition) is 1. The van der Waals surface area contributed by atoms with Crippen molar-refractivity contribution in [3.63, 3.8) is 0 Å². The number of rotatable bonds is 3. The van der Waals surface area contributed by atoms with Gasteiger partial charge in [-0.2, -0.15) is 5.26 Å². The lowest BCUT2D eigenvalue weighted by molar-refractivity contribution is -0.138. The number of benzene rings is 2. The summed E-state index contributed by atoms with van der Waals surface area (Å²) in [7, 11) is 1.21. The van der Waals surface area contributed by atoms with Crippen LogP contribution in [0.25, 0.3) is 0 Å². The average Bonchev–Trinajstić information content (AvgIpc) is 2.99. The summed E-state index contributed by atoms with van der Waals surface area (Å²) in [5.74, 6) is -1.40. The molecule has 2 heterocycles. The van der Waals surface area contributed by atoms with Gasteiger partial charge in [0.15, 0.2) is 5.41 Å². The number of nitrogens with two attached hydrogens (primary N) is 1. The topological polar surface area (TPSA) is 106 Å². The summed E-state index contributed by atoms with van der Waals surface area (Å²) in [6.07, 6.45) is 0. The Hall–Kier alpha value is -3.76. The summed E-state index contributed by atoms with van der Waals surface area (Å²) < 4.78 is 10.4. The van der Waals surface area contributed by atoms with Gasteiger partial charge >= 0.3 is 5.97 Å². The molecule has 156 valence electrons. The van der Waals surface area contributed by atoms with Gasteiger partial charge in [-0.1, -0.05) is 48.0 Å². The van der Waals surface area contributed by atoms with Crippen LogP contribution in [0.3, 0.4) is 0 Å². The first-order valence-electron chi connectivity index (χ1n) is 9.40. The first-order chi connectivity index (χ1) is 14.9. The van der Waals surface area contributed by atoms with Crippen molar-refractivity contribution in [3.05, 3.63) is 87.5 Å². The molecule has 0 bridgehead atoms. The molecule has 1 amide bonds. The van der Waals surface area contributed by atoms with E-state index in [1.807, 2.05) is 18.2 Å². The Balaban J connectivity index is 2.02. The molecule has 0 unspecified atom stereocenters. The fraction of sp³-hybridized carbons (Fsp3) is 0.174. The van der Waals surface area contributed by atoms with Crippen LogP contribution < -0.4 is 10.6 Å². The van der Waals surface area contributed by atoms with Gasteiger partial charge in [-0.25, -0.2) is 4.79 Å². The third-order valence-corrected chi connectivity index (χ3v) is 5.93. The molecule has 31 heavy (non-hydrogen) atoms. The molecule has 8 heteroatoms. The number of carbonyl (C=O) groups excluding carboxylic acids is 2. The van der Waals surface area contributed by atoms with Crippen LogP contribution in [0.4, 0.5) is 5.69 Å². The molecular weight excluding hydrogens is 418 g/mol. The van der Waals surface area contributed by atoms with Gasteiger partial charge in [0.2, 0.25) is 11.8 Å². The highest BCUT2D eigenvalue weighted by molar-refractivity contribution is 6.31. The van der Waals surface area contributed by atoms with Crippen molar-refractivity contribution in [2.75, 3.05) is 12.0 Å². The summed E-state index contributed by atoms with van der Waals surface area (Å²) in [6, 6.07) is 16.1. The van der Waals surface area contributed by atoms with Gasteiger partial charge in [-0.3, -0.25) is 4.79 Å². The fourth-order valence-electron chi connectivity index (χ4n) is 4.27. The lowest BCUT2D eigenvalue weighted by atomic mass is 9.68. The van der Waals surface area contributed by atoms with E-state index in [1.165, 1.54) is 18.9 Å². The molecule has 4 rings (SSSR count). The number of nitrogens with zero attached hydrogens (tertiary/aromatic N) is 2. The molecule has 0 saturated heterocycles. The van der Waals surface area contributed by atoms with E-state index < -0.39 is 17.3 Å². The molecule has 0 fully saturated rings. The maximum absolute atomic E-state index is 14.1. The Labute approximate surface area is 183 Å². The van der Waals surface area contributed by atoms with Gasteiger partial charge in [-0.15, -0.1) is 0 Å². The van der Waals surface area contributed by atoms with Crippen LogP contribution in [0, 0.1) is 11.3 Å². The second kappa shape index (κ2) is 7.49. The van der Waals surface area contributed by atoms with Crippen molar-refractivity contribution in [3.8, 4) is 6.07 Å². The molecular formula is C23H18ClN3O4. The number of amides is 1. The molecule has 0 aromatic heterocycles. The predicted octanol–water partition coefficient (Wildman–Crippen LogP) is 3.30. The van der Waals surface area contributed by atoms with Gasteiger partial charge in [0.1, 0.15) is 23.0 Å². The highest BCUT2D eigenvalue weighted by Gasteiger charge is 2.62. The molecule has 2 N–H and O–H groups in total. The lowest BCUT2D eigenvalue weighted by Crippen LogP contribution is -2.48. The molecule has 2 aromatic rings. The molecule has 2 aromatic carbocycles. The third kappa shape index (κ3) is 2.80. The maximum Gasteiger partial charge on any atom is 0.339 e. The SMILES string of the molecule is COC(=O)C1=C(C)OC(N)=C(C#N)[C@@]12C(=O)N(Cc1ccccc1Cl)c1ccccc12. The summed E-state index contributed by atoms with van der Waals surface area (Å²) in [6.45, 7) is 1.66. The number of allylic oxidation sites excluding steroid dienone is 1. The van der Waals surface area contributed by atoms with Crippen LogP contribution in [0.2, 0.25) is 5.02 Å². The van der Waals surface area contributed by atoms with Crippen molar-refractivity contribution in [1.82, 2.24) is 0 Å². The van der Waals surface area contributed by atoms with E-state index in [9.17, 15) is 14.9 Å². The standard InChI is InChI=1S/C23H18ClN3O4/c1-13-19(21(28)30-2)23(16(11-25)20(26)31-13)15-8-4-6-10-18(15)27(22(23)29)12-14-7-3-5-9-17(14)24/h3-10H,12,26H2,1-2H3/t23-/m1/s1. The average molecular weight is 436 g/mol. The molecule has 0 saturated carbocycles. The molecule has 1 atom stereocenters. The number of anilines is 1. The summed E-state index contributed by atoms with van der Waals surface area (Å²) in [5.41, 5.74) is 5.75. The van der Waals surface area contributed by atoms with Crippen molar-refractivity contribution in [2.45, 2.75) is 18.9 Å². The summed E-state index contributed by atoms with van der Waals surface area (Å²) >= 11 is 6.34. The van der Waals surface area contributed by atoms with Gasteiger partial charge < -0.3 is 20.1 Å². The molecule has 0 aliphatic carbocycles. The Morgan fingerprint density at radius 3 is 2.61 bits per heavy atom. The highest BCUT2D eigenvalue weighted by Crippen LogP contribution is 2.54. The monoisotopic (exact) mass is 435 g/mol. The summed E-state index contributed by atoms with van der Waals surface area (Å²) in [5, 5.41) is 10.5. The quantitative estimate of drug-likeness (QED) is 0.741. The van der Waals surface area contributed by atoms with Crippen molar-refractivity contribution >= 4 is 29.2 Å². The summed E-state index contributed by atoms with van der Waals surface area (Å²) in [4.78, 5) is 28.4. The molecule has 2 aliphatic rings. The Kier molecular flexibility index (Phi) is 4.96. The fourth-order valence-corrected chi connectivity index (χ4v) is 4.46. The van der Waals surface area contributed by atoms with Gasteiger partial charge in [0.05, 0.1) is 13.7 Å². The maximum atomic E-state index is 14.1. The van der Waals surface area contributed by atoms with Crippen LogP contribution in [-0.2, 0) is 31.0 Å². The number of fused-ring (bicyclic) bond motifs is 2. The predicted molar refractivity (Wildman–Crippen MR) is 113 cm³/mol. The van der Waals surface area contributed by atoms with E-state index in [-0.39, 0.29) is 29.3 Å². The molecule has 2 aliphatic heterocycles. The Bertz CT molecular complexity index is 1230. The minimum Gasteiger partial charge on any atom is -0.466 e. The van der Waals surface area contributed by atoms with E-state index in [4.69, 9.17) is 26.8 Å². The number of esters is 1. The minimum atomic E-state index is -1.77. The molecule has 1 spiro atoms. The number of halogens is 1. The van der Waals surface area contributed by atoms with Gasteiger partial charge in [0.25, 0.3) is 0 Å². The second-order valence-corrected chi connectivity index (χ2v) is 7.53. The number of nitriles is 1. The smallest absolute Gasteiger partial charge is 0.339 e. The minimum absolute atomic E-state index is 0.0696. The van der Waals surface area contributed by atoms with Crippen LogP contribution >= 0.6 is 11.6 Å². The number of hydrogen-bond acceptors (Lipinski definition) is 6. The van der Waals surface area contributed by atoms with E-state index in [2.05, 4.69) is 0 Å². The zero-order chi connectivity index (χ0) is 22.3. The molecule has 0 radical (unpaired) electrons. The zero-order valence-corrected chi connectivity index (χ0v) is 17.6. The van der Waals surface area contributed by atoms with Crippen LogP contribution in [0.15, 0.2) is 71.3 Å². The third-order valence-electron chi connectivity index (χ3n) is 5.56. The van der Waals surface area contributed by atoms with E-state index >= 15 is 0 Å². The van der Waals surface area contributed by atoms with Crippen molar-refractivity contribution < 1.29 is 19.1 Å². The van der Waals surface area contributed by atoms with Crippen LogP contribution in [-0.4, -0.2) is 19.0 Å². The number of ether oxygens (including phenoxy) is 2. The van der Waals surface area contributed by atoms with Crippen LogP contribution in [0.1, 0.15) is 18.1 Å². The normalized spacial score (nSPS) is 19.9. The lowest BCUT2D eigenvalue weighted by Gasteiger charge is -2.34. The number of methoxy groups -OCH3 is 1. The first kappa shape index (κ1) is 20.5. The van der Waals surface area contributed by atoms with Gasteiger partial charge in [-0.05, 0) is 24.6 Å². The second-order valence-electron chi connectivity index (χ2n) is 7.13. The van der Waals surface area contributed by atoms with Gasteiger partial charge in [0, 0.05) is 16.3 Å². The van der Waals surface area contributed by atoms with Crippen LogP contribution in [0.5, 0.6) is 0 Å².